The number of rotatable bonds is 6. The monoisotopic (exact) mass is 646 g/mol. The first-order chi connectivity index (χ1) is 21.5. The second-order valence-electron chi connectivity index (χ2n) is 11.4. The molecule has 45 heavy (non-hydrogen) atoms. The lowest BCUT2D eigenvalue weighted by atomic mass is 9.88. The smallest absolute Gasteiger partial charge is 0.303 e. The van der Waals surface area contributed by atoms with Crippen LogP contribution in [0.25, 0.3) is 0 Å². The van der Waals surface area contributed by atoms with E-state index < -0.39 is 60.5 Å². The molecular weight excluding hydrogens is 604 g/mol. The summed E-state index contributed by atoms with van der Waals surface area (Å²) in [6.45, 7) is 5.17. The van der Waals surface area contributed by atoms with E-state index in [1.165, 1.54) is 27.7 Å². The quantitative estimate of drug-likeness (QED) is 0.136. The first-order valence-electron chi connectivity index (χ1n) is 15.4. The van der Waals surface area contributed by atoms with Crippen LogP contribution in [-0.2, 0) is 47.6 Å². The van der Waals surface area contributed by atoms with E-state index in [0.29, 0.717) is 0 Å². The van der Waals surface area contributed by atoms with Crippen molar-refractivity contribution in [1.29, 1.82) is 0 Å². The van der Waals surface area contributed by atoms with E-state index in [4.69, 9.17) is 40.0 Å². The molecule has 1 saturated carbocycles. The van der Waals surface area contributed by atoms with Crippen molar-refractivity contribution in [3.63, 3.8) is 0 Å². The average molecular weight is 647 g/mol. The Morgan fingerprint density at radius 2 is 1.11 bits per heavy atom. The van der Waals surface area contributed by atoms with Crippen molar-refractivity contribution < 1.29 is 47.6 Å². The lowest BCUT2D eigenvalue weighted by Gasteiger charge is -2.29. The highest BCUT2D eigenvalue weighted by Gasteiger charge is 2.31. The normalized spacial score (nSPS) is 31.5. The van der Waals surface area contributed by atoms with Gasteiger partial charge in [0.1, 0.15) is 49.8 Å². The van der Waals surface area contributed by atoms with Gasteiger partial charge in [0.25, 0.3) is 0 Å². The van der Waals surface area contributed by atoms with Crippen molar-refractivity contribution in [3.05, 3.63) is 24.3 Å². The Morgan fingerprint density at radius 1 is 0.644 bits per heavy atom. The fraction of sp³-hybridized carbons (Fsp3) is 0.647. The highest BCUT2D eigenvalue weighted by molar-refractivity contribution is 6.20. The fourth-order valence-electron chi connectivity index (χ4n) is 5.26. The molecule has 3 aliphatic rings. The van der Waals surface area contributed by atoms with E-state index in [-0.39, 0.29) is 30.4 Å². The highest BCUT2D eigenvalue weighted by atomic mass is 35.5. The zero-order valence-corrected chi connectivity index (χ0v) is 27.1. The summed E-state index contributed by atoms with van der Waals surface area (Å²) in [5.41, 5.74) is 0. The van der Waals surface area contributed by atoms with Gasteiger partial charge in [-0.05, 0) is 56.4 Å². The Hall–Kier alpha value is -3.31. The first-order valence-corrected chi connectivity index (χ1v) is 15.9. The fourth-order valence-corrected chi connectivity index (χ4v) is 5.60. The predicted molar refractivity (Wildman–Crippen MR) is 164 cm³/mol. The summed E-state index contributed by atoms with van der Waals surface area (Å²) in [4.78, 5) is 45.6. The minimum Gasteiger partial charge on any atom is -0.463 e. The molecule has 9 atom stereocenters. The molecule has 0 aromatic heterocycles. The molecule has 0 bridgehead atoms. The maximum absolute atomic E-state index is 11.5. The van der Waals surface area contributed by atoms with Crippen LogP contribution in [0.15, 0.2) is 24.3 Å². The third-order valence-electron chi connectivity index (χ3n) is 7.42. The van der Waals surface area contributed by atoms with Crippen molar-refractivity contribution in [2.75, 3.05) is 13.2 Å². The van der Waals surface area contributed by atoms with E-state index in [1.807, 2.05) is 0 Å². The van der Waals surface area contributed by atoms with Crippen molar-refractivity contribution in [2.24, 2.45) is 11.8 Å². The van der Waals surface area contributed by atoms with Crippen LogP contribution in [-0.4, -0.2) is 79.1 Å². The molecule has 0 amide bonds. The number of hydrogen-bond donors (Lipinski definition) is 0. The predicted octanol–water partition coefficient (Wildman–Crippen LogP) is 4.21. The third-order valence-corrected chi connectivity index (χ3v) is 7.81. The first kappa shape index (κ1) is 36.2. The van der Waals surface area contributed by atoms with Crippen molar-refractivity contribution in [3.8, 4) is 23.7 Å². The number of alkyl halides is 1. The van der Waals surface area contributed by atoms with Gasteiger partial charge in [-0.3, -0.25) is 19.2 Å². The standard InChI is InChI=1S/C34H43ClO10/c1-22(36)40-20-33-31(42-24(3)38)17-15-29(44-33)13-10-26-7-5-6-8-27(19-28(35)12-9-26)11-14-30-16-18-32(43-25(4)39)34(45-30)21-41-23(2)37/h15-18,26-34H,5-9,12,19-21H2,1-4H3/t26?,27?,28?,29-,30-,31+,32+,33-,34-/m1/s1. The number of halogens is 1. The summed E-state index contributed by atoms with van der Waals surface area (Å²) in [6.07, 6.45) is 9.51. The van der Waals surface area contributed by atoms with Gasteiger partial charge < -0.3 is 28.4 Å². The SMILES string of the molecule is CC(=O)OC[C@H]1O[C@H](C#CC2CCCCC(C#C[C@@H]3C=C[C@H](OC(C)=O)[C@@H](COC(C)=O)O3)CC(Cl)CC2)C=C[C@@H]1OC(C)=O. The summed E-state index contributed by atoms with van der Waals surface area (Å²) < 4.78 is 32.8. The van der Waals surface area contributed by atoms with E-state index in [1.54, 1.807) is 24.3 Å². The minimum absolute atomic E-state index is 0.0377. The molecule has 3 rings (SSSR count). The zero-order valence-electron chi connectivity index (χ0n) is 26.3. The van der Waals surface area contributed by atoms with E-state index >= 15 is 0 Å². The van der Waals surface area contributed by atoms with E-state index in [0.717, 1.165) is 44.9 Å². The molecule has 10 nitrogen and oxygen atoms in total. The molecule has 1 fully saturated rings. The Kier molecular flexibility index (Phi) is 15.0. The molecule has 11 heteroatoms. The van der Waals surface area contributed by atoms with Gasteiger partial charge in [0, 0.05) is 44.9 Å². The van der Waals surface area contributed by atoms with E-state index in [9.17, 15) is 19.2 Å². The molecule has 3 unspecified atom stereocenters. The minimum atomic E-state index is -0.655. The Morgan fingerprint density at radius 3 is 1.58 bits per heavy atom. The molecule has 0 radical (unpaired) electrons. The Labute approximate surface area is 270 Å². The zero-order chi connectivity index (χ0) is 32.8. The van der Waals surface area contributed by atoms with Crippen molar-refractivity contribution in [2.45, 2.75) is 115 Å². The third kappa shape index (κ3) is 13.7. The summed E-state index contributed by atoms with van der Waals surface area (Å²) in [7, 11) is 0. The maximum Gasteiger partial charge on any atom is 0.303 e. The van der Waals surface area contributed by atoms with Crippen LogP contribution in [0.3, 0.4) is 0 Å². The van der Waals surface area contributed by atoms with Gasteiger partial charge in [0.2, 0.25) is 0 Å². The largest absolute Gasteiger partial charge is 0.463 e. The molecule has 0 N–H and O–H groups in total. The number of carbonyl (C=O) groups excluding carboxylic acids is 4. The second kappa shape index (κ2) is 18.6. The number of hydrogen-bond acceptors (Lipinski definition) is 10. The molecule has 246 valence electrons. The topological polar surface area (TPSA) is 124 Å². The van der Waals surface area contributed by atoms with Crippen LogP contribution in [0.1, 0.15) is 72.6 Å². The number of esters is 4. The molecule has 0 spiro atoms. The molecule has 1 aliphatic carbocycles. The van der Waals surface area contributed by atoms with Crippen LogP contribution in [0.5, 0.6) is 0 Å². The Balaban J connectivity index is 1.56. The Bertz CT molecular complexity index is 1220. The molecule has 2 heterocycles. The number of ether oxygens (including phenoxy) is 6. The van der Waals surface area contributed by atoms with Crippen LogP contribution < -0.4 is 0 Å². The van der Waals surface area contributed by atoms with Gasteiger partial charge >= 0.3 is 23.9 Å². The lowest BCUT2D eigenvalue weighted by Crippen LogP contribution is -2.41. The maximum atomic E-state index is 11.5. The molecule has 0 aromatic rings. The molecule has 2 aliphatic heterocycles. The highest BCUT2D eigenvalue weighted by Crippen LogP contribution is 2.28. The van der Waals surface area contributed by atoms with Gasteiger partial charge in [0.05, 0.1) is 0 Å². The summed E-state index contributed by atoms with van der Waals surface area (Å²) in [5.74, 6) is 11.6. The van der Waals surface area contributed by atoms with Crippen LogP contribution >= 0.6 is 11.6 Å². The summed E-state index contributed by atoms with van der Waals surface area (Å²) in [6, 6.07) is 0. The second-order valence-corrected chi connectivity index (χ2v) is 12.0. The number of carbonyl (C=O) groups is 4. The van der Waals surface area contributed by atoms with Crippen LogP contribution in [0.2, 0.25) is 0 Å². The van der Waals surface area contributed by atoms with Crippen molar-refractivity contribution >= 4 is 35.5 Å². The van der Waals surface area contributed by atoms with Gasteiger partial charge in [-0.15, -0.1) is 11.6 Å². The molecule has 0 saturated heterocycles. The van der Waals surface area contributed by atoms with Crippen LogP contribution in [0.4, 0.5) is 0 Å². The summed E-state index contributed by atoms with van der Waals surface area (Å²) in [5, 5.41) is -0.0667. The summed E-state index contributed by atoms with van der Waals surface area (Å²) >= 11 is 6.77. The average Bonchev–Trinajstić information content (AvgIpc) is 2.97. The van der Waals surface area contributed by atoms with E-state index in [2.05, 4.69) is 23.7 Å². The lowest BCUT2D eigenvalue weighted by molar-refractivity contribution is -0.162. The van der Waals surface area contributed by atoms with Gasteiger partial charge in [-0.2, -0.15) is 0 Å². The van der Waals surface area contributed by atoms with Gasteiger partial charge in [-0.25, -0.2) is 0 Å². The molecular formula is C34H43ClO10. The van der Waals surface area contributed by atoms with Gasteiger partial charge in [0.15, 0.2) is 0 Å². The molecule has 0 aromatic carbocycles. The van der Waals surface area contributed by atoms with Crippen molar-refractivity contribution in [1.82, 2.24) is 0 Å². The van der Waals surface area contributed by atoms with Crippen LogP contribution in [0, 0.1) is 35.5 Å². The van der Waals surface area contributed by atoms with Gasteiger partial charge in [-0.1, -0.05) is 36.5 Å².